The molecule has 0 spiro atoms. The van der Waals surface area contributed by atoms with Crippen molar-refractivity contribution in [1.29, 1.82) is 0 Å². The summed E-state index contributed by atoms with van der Waals surface area (Å²) in [6.45, 7) is -0.0966. The third-order valence-electron chi connectivity index (χ3n) is 2.92. The maximum absolute atomic E-state index is 12.0. The van der Waals surface area contributed by atoms with Gasteiger partial charge in [0, 0.05) is 6.07 Å². The summed E-state index contributed by atoms with van der Waals surface area (Å²) >= 11 is 0. The van der Waals surface area contributed by atoms with Crippen molar-refractivity contribution in [3.05, 3.63) is 52.6 Å². The van der Waals surface area contributed by atoms with Crippen molar-refractivity contribution in [3.63, 3.8) is 0 Å². The van der Waals surface area contributed by atoms with Crippen LogP contribution in [0.3, 0.4) is 0 Å². The van der Waals surface area contributed by atoms with Gasteiger partial charge in [-0.1, -0.05) is 12.1 Å². The van der Waals surface area contributed by atoms with E-state index in [0.29, 0.717) is 11.4 Å². The zero-order chi connectivity index (χ0) is 17.5. The SMILES string of the molecule is O=C(Nc1ccc([N+](=O)[O-])cc1O)Nc1ccccc1OCCO. The summed E-state index contributed by atoms with van der Waals surface area (Å²) in [5.74, 6) is -0.0567. The molecule has 0 bridgehead atoms. The Morgan fingerprint density at radius 2 is 1.88 bits per heavy atom. The highest BCUT2D eigenvalue weighted by atomic mass is 16.6. The summed E-state index contributed by atoms with van der Waals surface area (Å²) in [6, 6.07) is 9.27. The molecule has 2 aromatic rings. The van der Waals surface area contributed by atoms with E-state index in [1.165, 1.54) is 6.07 Å². The molecule has 0 saturated heterocycles. The molecular formula is C15H15N3O6. The number of nitro groups is 1. The van der Waals surface area contributed by atoms with Gasteiger partial charge in [0.05, 0.1) is 29.0 Å². The van der Waals surface area contributed by atoms with Crippen LogP contribution in [0.25, 0.3) is 0 Å². The molecule has 0 atom stereocenters. The number of para-hydroxylation sites is 2. The van der Waals surface area contributed by atoms with Crippen molar-refractivity contribution in [1.82, 2.24) is 0 Å². The first kappa shape index (κ1) is 17.0. The fourth-order valence-corrected chi connectivity index (χ4v) is 1.87. The average Bonchev–Trinajstić information content (AvgIpc) is 2.55. The highest BCUT2D eigenvalue weighted by molar-refractivity contribution is 6.01. The van der Waals surface area contributed by atoms with Crippen LogP contribution < -0.4 is 15.4 Å². The number of amides is 2. The first-order chi connectivity index (χ1) is 11.5. The van der Waals surface area contributed by atoms with Crippen LogP contribution in [-0.4, -0.2) is 34.4 Å². The molecule has 0 aromatic heterocycles. The van der Waals surface area contributed by atoms with Gasteiger partial charge >= 0.3 is 6.03 Å². The van der Waals surface area contributed by atoms with Crippen LogP contribution in [0, 0.1) is 10.1 Å². The molecule has 0 radical (unpaired) electrons. The molecule has 126 valence electrons. The van der Waals surface area contributed by atoms with Crippen molar-refractivity contribution in [2.45, 2.75) is 0 Å². The Labute approximate surface area is 136 Å². The van der Waals surface area contributed by atoms with E-state index in [1.54, 1.807) is 24.3 Å². The van der Waals surface area contributed by atoms with Crippen molar-refractivity contribution < 1.29 is 24.7 Å². The number of urea groups is 1. The number of aromatic hydroxyl groups is 1. The second-order valence-electron chi connectivity index (χ2n) is 4.61. The lowest BCUT2D eigenvalue weighted by molar-refractivity contribution is -0.384. The smallest absolute Gasteiger partial charge is 0.323 e. The number of nitrogens with zero attached hydrogens (tertiary/aromatic N) is 1. The van der Waals surface area contributed by atoms with Crippen molar-refractivity contribution in [2.75, 3.05) is 23.8 Å². The summed E-state index contributed by atoms with van der Waals surface area (Å²) < 4.78 is 5.29. The van der Waals surface area contributed by atoms with E-state index < -0.39 is 16.7 Å². The number of phenols is 1. The highest BCUT2D eigenvalue weighted by Gasteiger charge is 2.13. The lowest BCUT2D eigenvalue weighted by Crippen LogP contribution is -2.20. The van der Waals surface area contributed by atoms with Crippen LogP contribution in [0.1, 0.15) is 0 Å². The van der Waals surface area contributed by atoms with E-state index in [-0.39, 0.29) is 24.6 Å². The number of carbonyl (C=O) groups excluding carboxylic acids is 1. The molecule has 0 unspecified atom stereocenters. The maximum Gasteiger partial charge on any atom is 0.323 e. The fraction of sp³-hybridized carbons (Fsp3) is 0.133. The van der Waals surface area contributed by atoms with E-state index in [4.69, 9.17) is 9.84 Å². The summed E-state index contributed by atoms with van der Waals surface area (Å²) in [7, 11) is 0. The summed E-state index contributed by atoms with van der Waals surface area (Å²) in [5, 5.41) is 34.0. The van der Waals surface area contributed by atoms with Gasteiger partial charge in [0.2, 0.25) is 0 Å². The van der Waals surface area contributed by atoms with Crippen LogP contribution in [0.15, 0.2) is 42.5 Å². The maximum atomic E-state index is 12.0. The number of anilines is 2. The molecule has 0 aliphatic heterocycles. The van der Waals surface area contributed by atoms with Gasteiger partial charge in [-0.2, -0.15) is 0 Å². The van der Waals surface area contributed by atoms with Crippen molar-refractivity contribution >= 4 is 23.1 Å². The molecule has 0 aliphatic carbocycles. The Bertz CT molecular complexity index is 750. The Morgan fingerprint density at radius 3 is 2.54 bits per heavy atom. The summed E-state index contributed by atoms with van der Waals surface area (Å²) in [4.78, 5) is 22.0. The van der Waals surface area contributed by atoms with E-state index in [9.17, 15) is 20.0 Å². The van der Waals surface area contributed by atoms with Crippen molar-refractivity contribution in [2.24, 2.45) is 0 Å². The van der Waals surface area contributed by atoms with E-state index in [1.807, 2.05) is 0 Å². The predicted molar refractivity (Wildman–Crippen MR) is 86.4 cm³/mol. The number of rotatable bonds is 6. The Kier molecular flexibility index (Phi) is 5.53. The minimum Gasteiger partial charge on any atom is -0.506 e. The van der Waals surface area contributed by atoms with Gasteiger partial charge in [0.25, 0.3) is 5.69 Å². The first-order valence-corrected chi connectivity index (χ1v) is 6.89. The highest BCUT2D eigenvalue weighted by Crippen LogP contribution is 2.28. The van der Waals surface area contributed by atoms with Gasteiger partial charge in [-0.3, -0.25) is 10.1 Å². The molecular weight excluding hydrogens is 318 g/mol. The monoisotopic (exact) mass is 333 g/mol. The minimum absolute atomic E-state index is 0.0202. The van der Waals surface area contributed by atoms with Gasteiger partial charge in [-0.05, 0) is 18.2 Å². The lowest BCUT2D eigenvalue weighted by atomic mass is 10.2. The molecule has 0 aliphatic rings. The van der Waals surface area contributed by atoms with E-state index >= 15 is 0 Å². The lowest BCUT2D eigenvalue weighted by Gasteiger charge is -2.13. The molecule has 2 amide bonds. The number of benzene rings is 2. The average molecular weight is 333 g/mol. The first-order valence-electron chi connectivity index (χ1n) is 6.89. The predicted octanol–water partition coefficient (Wildman–Crippen LogP) is 2.32. The number of phenolic OH excluding ortho intramolecular Hbond substituents is 1. The number of nitrogens with one attached hydrogen (secondary N) is 2. The van der Waals surface area contributed by atoms with Crippen LogP contribution in [-0.2, 0) is 0 Å². The standard InChI is InChI=1S/C15H15N3O6/c19-7-8-24-14-4-2-1-3-12(14)17-15(21)16-11-6-5-10(18(22)23)9-13(11)20/h1-6,9,19-20H,7-8H2,(H2,16,17,21). The molecule has 0 heterocycles. The van der Waals surface area contributed by atoms with Crippen LogP contribution >= 0.6 is 0 Å². The number of aliphatic hydroxyl groups excluding tert-OH is 1. The molecule has 9 nitrogen and oxygen atoms in total. The topological polar surface area (TPSA) is 134 Å². The number of nitro benzene ring substituents is 1. The zero-order valence-electron chi connectivity index (χ0n) is 12.4. The number of aliphatic hydroxyl groups is 1. The number of ether oxygens (including phenoxy) is 1. The van der Waals surface area contributed by atoms with Gasteiger partial charge < -0.3 is 25.6 Å². The molecule has 4 N–H and O–H groups in total. The Morgan fingerprint density at radius 1 is 1.17 bits per heavy atom. The van der Waals surface area contributed by atoms with Crippen molar-refractivity contribution in [3.8, 4) is 11.5 Å². The quantitative estimate of drug-likeness (QED) is 0.364. The zero-order valence-corrected chi connectivity index (χ0v) is 12.4. The number of non-ortho nitro benzene ring substituents is 1. The van der Waals surface area contributed by atoms with Crippen LogP contribution in [0.2, 0.25) is 0 Å². The summed E-state index contributed by atoms with van der Waals surface area (Å²) in [5.41, 5.74) is 0.0953. The number of carbonyl (C=O) groups is 1. The molecule has 9 heteroatoms. The second-order valence-corrected chi connectivity index (χ2v) is 4.61. The normalized spacial score (nSPS) is 10.0. The molecule has 0 fully saturated rings. The minimum atomic E-state index is -0.667. The molecule has 0 saturated carbocycles. The van der Waals surface area contributed by atoms with Gasteiger partial charge in [-0.25, -0.2) is 4.79 Å². The third-order valence-corrected chi connectivity index (χ3v) is 2.92. The van der Waals surface area contributed by atoms with E-state index in [0.717, 1.165) is 12.1 Å². The molecule has 2 rings (SSSR count). The van der Waals surface area contributed by atoms with Gasteiger partial charge in [0.1, 0.15) is 18.1 Å². The number of hydrogen-bond acceptors (Lipinski definition) is 6. The molecule has 24 heavy (non-hydrogen) atoms. The van der Waals surface area contributed by atoms with Gasteiger partial charge in [0.15, 0.2) is 0 Å². The van der Waals surface area contributed by atoms with Gasteiger partial charge in [-0.15, -0.1) is 0 Å². The van der Waals surface area contributed by atoms with E-state index in [2.05, 4.69) is 10.6 Å². The molecule has 2 aromatic carbocycles. The Hall–Kier alpha value is -3.33. The summed E-state index contributed by atoms with van der Waals surface area (Å²) in [6.07, 6.45) is 0. The largest absolute Gasteiger partial charge is 0.506 e. The number of hydrogen-bond donors (Lipinski definition) is 4. The Balaban J connectivity index is 2.07. The fourth-order valence-electron chi connectivity index (χ4n) is 1.87. The second kappa shape index (κ2) is 7.79. The van der Waals surface area contributed by atoms with Crippen LogP contribution in [0.5, 0.6) is 11.5 Å². The third kappa shape index (κ3) is 4.34. The van der Waals surface area contributed by atoms with Crippen LogP contribution in [0.4, 0.5) is 21.9 Å².